The van der Waals surface area contributed by atoms with Gasteiger partial charge < -0.3 is 10.1 Å². The van der Waals surface area contributed by atoms with Crippen LogP contribution in [0.2, 0.25) is 0 Å². The van der Waals surface area contributed by atoms with Crippen LogP contribution in [0.1, 0.15) is 44.7 Å². The topological polar surface area (TPSA) is 24.5 Å². The van der Waals surface area contributed by atoms with Gasteiger partial charge in [0.1, 0.15) is 5.75 Å². The number of rotatable bonds is 8. The first-order valence-corrected chi connectivity index (χ1v) is 7.75. The molecule has 0 radical (unpaired) electrons. The molecule has 1 saturated carbocycles. The maximum atomic E-state index is 5.22. The number of nitrogens with zero attached hydrogens (tertiary/aromatic N) is 1. The van der Waals surface area contributed by atoms with Crippen LogP contribution in [0.25, 0.3) is 0 Å². The summed E-state index contributed by atoms with van der Waals surface area (Å²) in [6.45, 7) is 5.58. The summed E-state index contributed by atoms with van der Waals surface area (Å²) in [7, 11) is 3.96. The van der Waals surface area contributed by atoms with Crippen LogP contribution in [0.5, 0.6) is 5.75 Å². The van der Waals surface area contributed by atoms with E-state index in [9.17, 15) is 0 Å². The molecular weight excluding hydrogens is 248 g/mol. The maximum absolute atomic E-state index is 5.22. The largest absolute Gasteiger partial charge is 0.497 e. The molecule has 0 amide bonds. The number of hydrogen-bond acceptors (Lipinski definition) is 3. The van der Waals surface area contributed by atoms with E-state index in [1.807, 2.05) is 12.1 Å². The summed E-state index contributed by atoms with van der Waals surface area (Å²) in [5.74, 6) is 0.922. The Morgan fingerprint density at radius 1 is 1.30 bits per heavy atom. The molecule has 3 nitrogen and oxygen atoms in total. The van der Waals surface area contributed by atoms with Crippen LogP contribution >= 0.6 is 0 Å². The first kappa shape index (κ1) is 15.3. The molecule has 1 aliphatic carbocycles. The van der Waals surface area contributed by atoms with Gasteiger partial charge in [0.2, 0.25) is 0 Å². The Bertz CT molecular complexity index is 400. The summed E-state index contributed by atoms with van der Waals surface area (Å²) in [5.41, 5.74) is 1.34. The Labute approximate surface area is 123 Å². The van der Waals surface area contributed by atoms with Crippen molar-refractivity contribution in [2.75, 3.05) is 20.7 Å². The third-order valence-corrected chi connectivity index (χ3v) is 4.40. The molecule has 0 bridgehead atoms. The van der Waals surface area contributed by atoms with E-state index in [-0.39, 0.29) is 0 Å². The minimum atomic E-state index is 0.427. The van der Waals surface area contributed by atoms with E-state index in [2.05, 4.69) is 43.2 Å². The highest BCUT2D eigenvalue weighted by molar-refractivity contribution is 5.29. The van der Waals surface area contributed by atoms with Gasteiger partial charge in [0.05, 0.1) is 7.11 Å². The Kier molecular flexibility index (Phi) is 5.44. The zero-order chi connectivity index (χ0) is 14.5. The summed E-state index contributed by atoms with van der Waals surface area (Å²) >= 11 is 0. The molecule has 0 aromatic heterocycles. The minimum absolute atomic E-state index is 0.427. The van der Waals surface area contributed by atoms with Crippen molar-refractivity contribution < 1.29 is 4.74 Å². The van der Waals surface area contributed by atoms with Gasteiger partial charge >= 0.3 is 0 Å². The van der Waals surface area contributed by atoms with E-state index < -0.39 is 0 Å². The standard InChI is InChI=1S/C17H28N2O/c1-5-17(14-6-10-16(20-4)11-7-14)18-12-13(2)19(3)15-8-9-15/h6-7,10-11,13,15,17-18H,5,8-9,12H2,1-4H3. The lowest BCUT2D eigenvalue weighted by Crippen LogP contribution is -2.40. The van der Waals surface area contributed by atoms with E-state index in [0.717, 1.165) is 24.8 Å². The van der Waals surface area contributed by atoms with Gasteiger partial charge in [-0.05, 0) is 50.9 Å². The molecule has 2 unspecified atom stereocenters. The van der Waals surface area contributed by atoms with Crippen molar-refractivity contribution in [2.45, 2.75) is 51.2 Å². The monoisotopic (exact) mass is 276 g/mol. The molecule has 0 heterocycles. The molecule has 1 aromatic carbocycles. The zero-order valence-corrected chi connectivity index (χ0v) is 13.2. The average Bonchev–Trinajstić information content (AvgIpc) is 3.32. The van der Waals surface area contributed by atoms with Gasteiger partial charge in [0.25, 0.3) is 0 Å². The fourth-order valence-electron chi connectivity index (χ4n) is 2.63. The molecular formula is C17H28N2O. The highest BCUT2D eigenvalue weighted by Gasteiger charge is 2.29. The fourth-order valence-corrected chi connectivity index (χ4v) is 2.63. The first-order chi connectivity index (χ1) is 9.65. The Balaban J connectivity index is 1.87. The van der Waals surface area contributed by atoms with Crippen LogP contribution < -0.4 is 10.1 Å². The summed E-state index contributed by atoms with van der Waals surface area (Å²) in [6.07, 6.45) is 3.85. The lowest BCUT2D eigenvalue weighted by molar-refractivity contribution is 0.235. The molecule has 112 valence electrons. The summed E-state index contributed by atoms with van der Waals surface area (Å²) < 4.78 is 5.22. The molecule has 1 aromatic rings. The molecule has 2 atom stereocenters. The summed E-state index contributed by atoms with van der Waals surface area (Å²) in [6, 6.07) is 10.3. The maximum Gasteiger partial charge on any atom is 0.118 e. The van der Waals surface area contributed by atoms with Crippen LogP contribution in [0.4, 0.5) is 0 Å². The number of nitrogens with one attached hydrogen (secondary N) is 1. The normalized spacial score (nSPS) is 18.1. The quantitative estimate of drug-likeness (QED) is 0.789. The van der Waals surface area contributed by atoms with Crippen molar-refractivity contribution in [1.29, 1.82) is 0 Å². The van der Waals surface area contributed by atoms with E-state index in [4.69, 9.17) is 4.74 Å². The highest BCUT2D eigenvalue weighted by atomic mass is 16.5. The van der Waals surface area contributed by atoms with Gasteiger partial charge in [-0.3, -0.25) is 4.90 Å². The zero-order valence-electron chi connectivity index (χ0n) is 13.2. The molecule has 1 fully saturated rings. The lowest BCUT2D eigenvalue weighted by Gasteiger charge is -2.27. The summed E-state index contributed by atoms with van der Waals surface area (Å²) in [4.78, 5) is 2.51. The van der Waals surface area contributed by atoms with Gasteiger partial charge in [-0.25, -0.2) is 0 Å². The highest BCUT2D eigenvalue weighted by Crippen LogP contribution is 2.27. The van der Waals surface area contributed by atoms with Crippen LogP contribution in [-0.4, -0.2) is 37.7 Å². The number of hydrogen-bond donors (Lipinski definition) is 1. The van der Waals surface area contributed by atoms with Gasteiger partial charge in [-0.2, -0.15) is 0 Å². The second kappa shape index (κ2) is 7.09. The van der Waals surface area contributed by atoms with Crippen LogP contribution in [0, 0.1) is 0 Å². The van der Waals surface area contributed by atoms with Crippen molar-refractivity contribution >= 4 is 0 Å². The SMILES string of the molecule is CCC(NCC(C)N(C)C1CC1)c1ccc(OC)cc1. The van der Waals surface area contributed by atoms with Crippen LogP contribution in [0.15, 0.2) is 24.3 Å². The van der Waals surface area contributed by atoms with Crippen molar-refractivity contribution in [1.82, 2.24) is 10.2 Å². The van der Waals surface area contributed by atoms with Crippen LogP contribution in [0.3, 0.4) is 0 Å². The second-order valence-electron chi connectivity index (χ2n) is 5.89. The van der Waals surface area contributed by atoms with Gasteiger partial charge in [-0.15, -0.1) is 0 Å². The second-order valence-corrected chi connectivity index (χ2v) is 5.89. The van der Waals surface area contributed by atoms with Gasteiger partial charge in [0, 0.05) is 24.7 Å². The molecule has 0 saturated heterocycles. The molecule has 3 heteroatoms. The van der Waals surface area contributed by atoms with E-state index in [1.54, 1.807) is 7.11 Å². The van der Waals surface area contributed by atoms with Gasteiger partial charge in [-0.1, -0.05) is 19.1 Å². The van der Waals surface area contributed by atoms with Crippen molar-refractivity contribution in [3.8, 4) is 5.75 Å². The summed E-state index contributed by atoms with van der Waals surface area (Å²) in [5, 5.41) is 3.70. The number of likely N-dealkylation sites (N-methyl/N-ethyl adjacent to an activating group) is 1. The third kappa shape index (κ3) is 3.97. The predicted molar refractivity (Wildman–Crippen MR) is 84.3 cm³/mol. The predicted octanol–water partition coefficient (Wildman–Crippen LogP) is 3.22. The van der Waals surface area contributed by atoms with Crippen LogP contribution in [-0.2, 0) is 0 Å². The van der Waals surface area contributed by atoms with Crippen molar-refractivity contribution in [2.24, 2.45) is 0 Å². The smallest absolute Gasteiger partial charge is 0.118 e. The average molecular weight is 276 g/mol. The number of ether oxygens (including phenoxy) is 1. The molecule has 0 aliphatic heterocycles. The van der Waals surface area contributed by atoms with E-state index in [0.29, 0.717) is 12.1 Å². The molecule has 20 heavy (non-hydrogen) atoms. The van der Waals surface area contributed by atoms with E-state index in [1.165, 1.54) is 18.4 Å². The molecule has 2 rings (SSSR count). The number of benzene rings is 1. The molecule has 0 spiro atoms. The first-order valence-electron chi connectivity index (χ1n) is 7.75. The van der Waals surface area contributed by atoms with Crippen molar-refractivity contribution in [3.05, 3.63) is 29.8 Å². The minimum Gasteiger partial charge on any atom is -0.497 e. The Morgan fingerprint density at radius 3 is 2.45 bits per heavy atom. The molecule has 1 aliphatic rings. The Morgan fingerprint density at radius 2 is 1.95 bits per heavy atom. The Hall–Kier alpha value is -1.06. The van der Waals surface area contributed by atoms with Gasteiger partial charge in [0.15, 0.2) is 0 Å². The third-order valence-electron chi connectivity index (χ3n) is 4.40. The number of methoxy groups -OCH3 is 1. The van der Waals surface area contributed by atoms with Crippen molar-refractivity contribution in [3.63, 3.8) is 0 Å². The lowest BCUT2D eigenvalue weighted by atomic mass is 10.0. The van der Waals surface area contributed by atoms with E-state index >= 15 is 0 Å². The molecule has 1 N–H and O–H groups in total. The fraction of sp³-hybridized carbons (Fsp3) is 0.647.